The molecule has 0 spiro atoms. The van der Waals surface area contributed by atoms with Crippen molar-refractivity contribution in [3.63, 3.8) is 0 Å². The number of aliphatic hydroxyl groups is 1. The Hall–Kier alpha value is -1.48. The summed E-state index contributed by atoms with van der Waals surface area (Å²) in [7, 11) is 0. The van der Waals surface area contributed by atoms with E-state index in [1.807, 2.05) is 6.08 Å². The summed E-state index contributed by atoms with van der Waals surface area (Å²) in [6.07, 6.45) is 8.43. The van der Waals surface area contributed by atoms with E-state index in [4.69, 9.17) is 11.5 Å². The summed E-state index contributed by atoms with van der Waals surface area (Å²) < 4.78 is 0. The van der Waals surface area contributed by atoms with Gasteiger partial charge in [-0.3, -0.25) is 0 Å². The molecule has 0 aliphatic heterocycles. The maximum Gasteiger partial charge on any atom is 0.119 e. The highest BCUT2D eigenvalue weighted by atomic mass is 16.3. The molecule has 1 aliphatic rings. The van der Waals surface area contributed by atoms with E-state index in [2.05, 4.69) is 26.8 Å². The molecule has 0 aromatic heterocycles. The van der Waals surface area contributed by atoms with Gasteiger partial charge in [0.05, 0.1) is 0 Å². The standard InChI is InChI=1S/C14H22N2O/c1-14(2,3)8-10-4-5-13(17)11(6-10)7-12(16)9-15/h5-8,17H,4,9,15-16H2,1-3H3. The first-order valence-corrected chi connectivity index (χ1v) is 5.81. The van der Waals surface area contributed by atoms with Crippen LogP contribution in [0.4, 0.5) is 0 Å². The maximum absolute atomic E-state index is 9.75. The lowest BCUT2D eigenvalue weighted by atomic mass is 9.89. The van der Waals surface area contributed by atoms with Gasteiger partial charge in [0.25, 0.3) is 0 Å². The second-order valence-corrected chi connectivity index (χ2v) is 5.40. The first kappa shape index (κ1) is 13.6. The van der Waals surface area contributed by atoms with Crippen LogP contribution in [0.15, 0.2) is 46.9 Å². The average molecular weight is 234 g/mol. The van der Waals surface area contributed by atoms with E-state index in [9.17, 15) is 5.11 Å². The molecule has 17 heavy (non-hydrogen) atoms. The molecule has 3 nitrogen and oxygen atoms in total. The molecule has 0 aromatic rings. The van der Waals surface area contributed by atoms with Crippen molar-refractivity contribution in [1.82, 2.24) is 0 Å². The smallest absolute Gasteiger partial charge is 0.119 e. The van der Waals surface area contributed by atoms with E-state index in [0.717, 1.165) is 12.0 Å². The predicted octanol–water partition coefficient (Wildman–Crippen LogP) is 2.53. The summed E-state index contributed by atoms with van der Waals surface area (Å²) >= 11 is 0. The fraction of sp³-hybridized carbons (Fsp3) is 0.429. The minimum atomic E-state index is 0.126. The zero-order chi connectivity index (χ0) is 13.1. The summed E-state index contributed by atoms with van der Waals surface area (Å²) in [5.74, 6) is 0.271. The van der Waals surface area contributed by atoms with Crippen molar-refractivity contribution in [2.45, 2.75) is 27.2 Å². The number of rotatable bonds is 2. The largest absolute Gasteiger partial charge is 0.508 e. The Morgan fingerprint density at radius 2 is 2.12 bits per heavy atom. The van der Waals surface area contributed by atoms with Crippen LogP contribution >= 0.6 is 0 Å². The maximum atomic E-state index is 9.75. The topological polar surface area (TPSA) is 72.3 Å². The van der Waals surface area contributed by atoms with Gasteiger partial charge in [-0.15, -0.1) is 0 Å². The van der Waals surface area contributed by atoms with Crippen LogP contribution in [0, 0.1) is 5.41 Å². The van der Waals surface area contributed by atoms with Gasteiger partial charge in [0, 0.05) is 17.8 Å². The van der Waals surface area contributed by atoms with Gasteiger partial charge in [-0.25, -0.2) is 0 Å². The van der Waals surface area contributed by atoms with Gasteiger partial charge in [0.2, 0.25) is 0 Å². The average Bonchev–Trinajstić information content (AvgIpc) is 2.20. The molecule has 0 radical (unpaired) electrons. The molecule has 0 bridgehead atoms. The lowest BCUT2D eigenvalue weighted by Crippen LogP contribution is -2.12. The van der Waals surface area contributed by atoms with Crippen LogP contribution in [0.2, 0.25) is 0 Å². The van der Waals surface area contributed by atoms with E-state index in [1.165, 1.54) is 5.57 Å². The molecule has 5 N–H and O–H groups in total. The summed E-state index contributed by atoms with van der Waals surface area (Å²) in [4.78, 5) is 0. The van der Waals surface area contributed by atoms with E-state index in [-0.39, 0.29) is 11.2 Å². The van der Waals surface area contributed by atoms with Crippen molar-refractivity contribution >= 4 is 0 Å². The zero-order valence-corrected chi connectivity index (χ0v) is 10.8. The molecule has 0 heterocycles. The third-order valence-electron chi connectivity index (χ3n) is 2.36. The van der Waals surface area contributed by atoms with E-state index < -0.39 is 0 Å². The minimum absolute atomic E-state index is 0.126. The molecule has 3 heteroatoms. The van der Waals surface area contributed by atoms with Crippen LogP contribution in [0.1, 0.15) is 27.2 Å². The predicted molar refractivity (Wildman–Crippen MR) is 72.3 cm³/mol. The molecular weight excluding hydrogens is 212 g/mol. The number of aliphatic hydroxyl groups excluding tert-OH is 1. The van der Waals surface area contributed by atoms with Gasteiger partial charge in [0.15, 0.2) is 0 Å². The van der Waals surface area contributed by atoms with Gasteiger partial charge < -0.3 is 16.6 Å². The summed E-state index contributed by atoms with van der Waals surface area (Å²) in [5.41, 5.74) is 13.7. The van der Waals surface area contributed by atoms with Crippen LogP contribution < -0.4 is 11.5 Å². The van der Waals surface area contributed by atoms with Gasteiger partial charge in [-0.1, -0.05) is 26.8 Å². The minimum Gasteiger partial charge on any atom is -0.508 e. The van der Waals surface area contributed by atoms with Crippen LogP contribution in [-0.4, -0.2) is 11.7 Å². The van der Waals surface area contributed by atoms with E-state index in [0.29, 0.717) is 12.2 Å². The molecule has 94 valence electrons. The summed E-state index contributed by atoms with van der Waals surface area (Å²) in [6.45, 7) is 6.74. The van der Waals surface area contributed by atoms with Gasteiger partial charge >= 0.3 is 0 Å². The van der Waals surface area contributed by atoms with Gasteiger partial charge in [0.1, 0.15) is 5.76 Å². The van der Waals surface area contributed by atoms with Crippen LogP contribution in [0.3, 0.4) is 0 Å². The molecule has 1 rings (SSSR count). The fourth-order valence-corrected chi connectivity index (χ4v) is 1.70. The SMILES string of the molecule is CC(C)(C)C=C1C=C(C=C(N)CN)C(O)=CC1. The second kappa shape index (κ2) is 5.23. The first-order valence-electron chi connectivity index (χ1n) is 5.81. The van der Waals surface area contributed by atoms with Gasteiger partial charge in [-0.05, 0) is 35.6 Å². The quantitative estimate of drug-likeness (QED) is 0.687. The Morgan fingerprint density at radius 3 is 2.65 bits per heavy atom. The number of allylic oxidation sites excluding steroid dienone is 5. The van der Waals surface area contributed by atoms with Crippen molar-refractivity contribution < 1.29 is 5.11 Å². The van der Waals surface area contributed by atoms with Crippen LogP contribution in [0.25, 0.3) is 0 Å². The molecule has 0 atom stereocenters. The highest BCUT2D eigenvalue weighted by molar-refractivity contribution is 5.47. The number of hydrogen-bond donors (Lipinski definition) is 3. The van der Waals surface area contributed by atoms with Crippen LogP contribution in [0.5, 0.6) is 0 Å². The Labute approximate surface area is 103 Å². The highest BCUT2D eigenvalue weighted by Crippen LogP contribution is 2.26. The summed E-state index contributed by atoms with van der Waals surface area (Å²) in [5, 5.41) is 9.75. The molecule has 0 fully saturated rings. The zero-order valence-electron chi connectivity index (χ0n) is 10.8. The molecule has 0 saturated heterocycles. The Balaban J connectivity index is 3.02. The lowest BCUT2D eigenvalue weighted by Gasteiger charge is -2.17. The number of nitrogens with two attached hydrogens (primary N) is 2. The van der Waals surface area contributed by atoms with Crippen molar-refractivity contribution in [1.29, 1.82) is 0 Å². The van der Waals surface area contributed by atoms with Gasteiger partial charge in [-0.2, -0.15) is 0 Å². The van der Waals surface area contributed by atoms with E-state index >= 15 is 0 Å². The third kappa shape index (κ3) is 4.49. The van der Waals surface area contributed by atoms with Crippen molar-refractivity contribution in [2.24, 2.45) is 16.9 Å². The third-order valence-corrected chi connectivity index (χ3v) is 2.36. The fourth-order valence-electron chi connectivity index (χ4n) is 1.70. The monoisotopic (exact) mass is 234 g/mol. The highest BCUT2D eigenvalue weighted by Gasteiger charge is 2.12. The Bertz CT molecular complexity index is 406. The van der Waals surface area contributed by atoms with Crippen molar-refractivity contribution in [3.05, 3.63) is 46.9 Å². The van der Waals surface area contributed by atoms with Crippen LogP contribution in [-0.2, 0) is 0 Å². The molecule has 0 saturated carbocycles. The Morgan fingerprint density at radius 1 is 1.47 bits per heavy atom. The lowest BCUT2D eigenvalue weighted by molar-refractivity contribution is 0.422. The number of hydrogen-bond acceptors (Lipinski definition) is 3. The van der Waals surface area contributed by atoms with Crippen molar-refractivity contribution in [2.75, 3.05) is 6.54 Å². The first-order chi connectivity index (χ1) is 7.81. The molecular formula is C14H22N2O. The molecule has 0 amide bonds. The second-order valence-electron chi connectivity index (χ2n) is 5.40. The van der Waals surface area contributed by atoms with E-state index in [1.54, 1.807) is 12.2 Å². The molecule has 1 aliphatic carbocycles. The molecule has 0 unspecified atom stereocenters. The molecule has 0 aromatic carbocycles. The summed E-state index contributed by atoms with van der Waals surface area (Å²) in [6, 6.07) is 0. The van der Waals surface area contributed by atoms with Crippen molar-refractivity contribution in [3.8, 4) is 0 Å². The Kier molecular flexibility index (Phi) is 4.18. The normalized spacial score (nSPS) is 20.2.